The van der Waals surface area contributed by atoms with Gasteiger partial charge in [0, 0.05) is 16.9 Å². The molecule has 2 atom stereocenters. The van der Waals surface area contributed by atoms with Crippen LogP contribution in [0.3, 0.4) is 0 Å². The van der Waals surface area contributed by atoms with Crippen LogP contribution in [0.1, 0.15) is 35.4 Å². The van der Waals surface area contributed by atoms with E-state index in [2.05, 4.69) is 58.6 Å². The first-order valence-corrected chi connectivity index (χ1v) is 7.05. The number of hydrogen-bond donors (Lipinski definition) is 0. The second kappa shape index (κ2) is 5.81. The topological polar surface area (TPSA) is 48.8 Å². The van der Waals surface area contributed by atoms with Crippen LogP contribution in [0.25, 0.3) is 10.4 Å². The van der Waals surface area contributed by atoms with Crippen LogP contribution in [0.4, 0.5) is 0 Å². The molecular weight excluding hydrogens is 246 g/mol. The van der Waals surface area contributed by atoms with Gasteiger partial charge in [-0.25, -0.2) is 0 Å². The number of hydrogen-bond acceptors (Lipinski definition) is 1. The monoisotopic (exact) mass is 263 g/mol. The summed E-state index contributed by atoms with van der Waals surface area (Å²) >= 11 is 0. The maximum atomic E-state index is 8.74. The first-order chi connectivity index (χ1) is 9.88. The van der Waals surface area contributed by atoms with E-state index in [0.29, 0.717) is 5.92 Å². The Balaban J connectivity index is 2.05. The molecule has 0 unspecified atom stereocenters. The summed E-state index contributed by atoms with van der Waals surface area (Å²) < 4.78 is 0. The molecule has 3 heteroatoms. The highest BCUT2D eigenvalue weighted by atomic mass is 15.1. The first kappa shape index (κ1) is 12.8. The van der Waals surface area contributed by atoms with Crippen LogP contribution in [0.2, 0.25) is 0 Å². The fourth-order valence-electron chi connectivity index (χ4n) is 3.12. The largest absolute Gasteiger partial charge is 0.0906 e. The van der Waals surface area contributed by atoms with Gasteiger partial charge in [0.2, 0.25) is 0 Å². The lowest BCUT2D eigenvalue weighted by molar-refractivity contribution is 0.555. The average molecular weight is 263 g/mol. The lowest BCUT2D eigenvalue weighted by atomic mass is 9.86. The smallest absolute Gasteiger partial charge is 0.0386 e. The van der Waals surface area contributed by atoms with Gasteiger partial charge < -0.3 is 0 Å². The molecule has 0 fully saturated rings. The third-order valence-corrected chi connectivity index (χ3v) is 4.10. The van der Waals surface area contributed by atoms with Crippen molar-refractivity contribution in [1.29, 1.82) is 0 Å². The molecule has 3 nitrogen and oxygen atoms in total. The van der Waals surface area contributed by atoms with Crippen LogP contribution in [0, 0.1) is 0 Å². The minimum absolute atomic E-state index is 0.0811. The standard InChI is InChI=1S/C17H17N3/c18-20-19-15-11-10-14-8-4-5-9-16(14)17(12-15)13-6-2-1-3-7-13/h1-9,15,17H,10-12H2/t15-,17+/m1/s1. The van der Waals surface area contributed by atoms with Crippen LogP contribution in [0.15, 0.2) is 59.7 Å². The fraction of sp³-hybridized carbons (Fsp3) is 0.294. The van der Waals surface area contributed by atoms with Crippen molar-refractivity contribution < 1.29 is 0 Å². The quantitative estimate of drug-likeness (QED) is 0.322. The van der Waals surface area contributed by atoms with Gasteiger partial charge in [-0.1, -0.05) is 59.7 Å². The number of rotatable bonds is 2. The Kier molecular flexibility index (Phi) is 3.71. The van der Waals surface area contributed by atoms with E-state index in [0.717, 1.165) is 19.3 Å². The Morgan fingerprint density at radius 3 is 2.55 bits per heavy atom. The van der Waals surface area contributed by atoms with Crippen LogP contribution in [-0.2, 0) is 6.42 Å². The predicted molar refractivity (Wildman–Crippen MR) is 80.6 cm³/mol. The van der Waals surface area contributed by atoms with E-state index >= 15 is 0 Å². The zero-order valence-electron chi connectivity index (χ0n) is 11.3. The summed E-state index contributed by atoms with van der Waals surface area (Å²) in [5, 5.41) is 3.98. The average Bonchev–Trinajstić information content (AvgIpc) is 2.69. The molecule has 3 rings (SSSR count). The van der Waals surface area contributed by atoms with Crippen LogP contribution in [-0.4, -0.2) is 6.04 Å². The molecule has 0 saturated heterocycles. The van der Waals surface area contributed by atoms with E-state index in [1.54, 1.807) is 0 Å². The Morgan fingerprint density at radius 2 is 1.75 bits per heavy atom. The molecule has 0 bridgehead atoms. The second-order valence-electron chi connectivity index (χ2n) is 5.30. The summed E-state index contributed by atoms with van der Waals surface area (Å²) in [4.78, 5) is 3.02. The molecule has 0 spiro atoms. The highest BCUT2D eigenvalue weighted by Crippen LogP contribution is 2.36. The van der Waals surface area contributed by atoms with Gasteiger partial charge >= 0.3 is 0 Å². The molecule has 0 aliphatic heterocycles. The summed E-state index contributed by atoms with van der Waals surface area (Å²) in [6.45, 7) is 0. The Labute approximate surface area is 118 Å². The molecule has 0 heterocycles. The lowest BCUT2D eigenvalue weighted by Gasteiger charge is -2.19. The molecule has 0 N–H and O–H groups in total. The third kappa shape index (κ3) is 2.54. The van der Waals surface area contributed by atoms with E-state index in [1.165, 1.54) is 16.7 Å². The van der Waals surface area contributed by atoms with E-state index in [9.17, 15) is 0 Å². The molecule has 0 aromatic heterocycles. The van der Waals surface area contributed by atoms with Crippen molar-refractivity contribution in [2.45, 2.75) is 31.2 Å². The van der Waals surface area contributed by atoms with Gasteiger partial charge in [0.05, 0.1) is 0 Å². The maximum absolute atomic E-state index is 8.74. The van der Waals surface area contributed by atoms with Crippen LogP contribution >= 0.6 is 0 Å². The summed E-state index contributed by atoms with van der Waals surface area (Å²) in [6.07, 6.45) is 2.82. The van der Waals surface area contributed by atoms with Gasteiger partial charge in [0.15, 0.2) is 0 Å². The van der Waals surface area contributed by atoms with Crippen molar-refractivity contribution >= 4 is 0 Å². The van der Waals surface area contributed by atoms with Crippen molar-refractivity contribution in [3.8, 4) is 0 Å². The molecule has 100 valence electrons. The molecule has 0 amide bonds. The van der Waals surface area contributed by atoms with E-state index in [1.807, 2.05) is 6.07 Å². The Bertz CT molecular complexity index is 630. The number of aryl methyl sites for hydroxylation is 1. The molecule has 1 aliphatic carbocycles. The van der Waals surface area contributed by atoms with Gasteiger partial charge in [0.25, 0.3) is 0 Å². The van der Waals surface area contributed by atoms with Crippen molar-refractivity contribution in [3.63, 3.8) is 0 Å². The zero-order valence-corrected chi connectivity index (χ0v) is 11.3. The van der Waals surface area contributed by atoms with Gasteiger partial charge in [-0.3, -0.25) is 0 Å². The minimum Gasteiger partial charge on any atom is -0.0906 e. The van der Waals surface area contributed by atoms with Gasteiger partial charge in [0.1, 0.15) is 0 Å². The molecule has 2 aromatic carbocycles. The third-order valence-electron chi connectivity index (χ3n) is 4.10. The highest BCUT2D eigenvalue weighted by molar-refractivity contribution is 5.39. The van der Waals surface area contributed by atoms with E-state index in [-0.39, 0.29) is 6.04 Å². The Morgan fingerprint density at radius 1 is 1.00 bits per heavy atom. The number of fused-ring (bicyclic) bond motifs is 1. The second-order valence-corrected chi connectivity index (χ2v) is 5.30. The van der Waals surface area contributed by atoms with Gasteiger partial charge in [-0.05, 0) is 41.5 Å². The molecule has 0 saturated carbocycles. The molecule has 0 radical (unpaired) electrons. The Hall–Kier alpha value is -2.25. The summed E-state index contributed by atoms with van der Waals surface area (Å²) in [5.74, 6) is 0.324. The molecule has 1 aliphatic rings. The normalized spacial score (nSPS) is 21.4. The fourth-order valence-corrected chi connectivity index (χ4v) is 3.12. The maximum Gasteiger partial charge on any atom is 0.0386 e. The summed E-state index contributed by atoms with van der Waals surface area (Å²) in [7, 11) is 0. The lowest BCUT2D eigenvalue weighted by Crippen LogP contribution is -2.09. The van der Waals surface area contributed by atoms with Gasteiger partial charge in [-0.2, -0.15) is 0 Å². The van der Waals surface area contributed by atoms with Crippen LogP contribution < -0.4 is 0 Å². The van der Waals surface area contributed by atoms with Gasteiger partial charge in [-0.15, -0.1) is 0 Å². The van der Waals surface area contributed by atoms with Crippen molar-refractivity contribution in [1.82, 2.24) is 0 Å². The van der Waals surface area contributed by atoms with Crippen molar-refractivity contribution in [2.75, 3.05) is 0 Å². The summed E-state index contributed by atoms with van der Waals surface area (Å²) in [6, 6.07) is 19.2. The number of azide groups is 1. The minimum atomic E-state index is 0.0811. The number of benzene rings is 2. The predicted octanol–water partition coefficient (Wildman–Crippen LogP) is 4.83. The van der Waals surface area contributed by atoms with E-state index in [4.69, 9.17) is 5.53 Å². The SMILES string of the molecule is [N-]=[N+]=N[C@@H]1CCc2ccccc2[C@H](c2ccccc2)C1. The highest BCUT2D eigenvalue weighted by Gasteiger charge is 2.24. The van der Waals surface area contributed by atoms with Crippen molar-refractivity contribution in [2.24, 2.45) is 5.11 Å². The molecule has 2 aromatic rings. The first-order valence-electron chi connectivity index (χ1n) is 7.05. The molecule has 20 heavy (non-hydrogen) atoms. The van der Waals surface area contributed by atoms with Crippen LogP contribution in [0.5, 0.6) is 0 Å². The molecular formula is C17H17N3. The number of nitrogens with zero attached hydrogens (tertiary/aromatic N) is 3. The summed E-state index contributed by atoms with van der Waals surface area (Å²) in [5.41, 5.74) is 12.8. The zero-order chi connectivity index (χ0) is 13.8. The van der Waals surface area contributed by atoms with E-state index < -0.39 is 0 Å². The van der Waals surface area contributed by atoms with Crippen molar-refractivity contribution in [3.05, 3.63) is 81.7 Å².